The van der Waals surface area contributed by atoms with Crippen LogP contribution in [-0.4, -0.2) is 40.3 Å². The molecule has 0 radical (unpaired) electrons. The Morgan fingerprint density at radius 3 is 2.65 bits per heavy atom. The van der Waals surface area contributed by atoms with Gasteiger partial charge in [-0.15, -0.1) is 0 Å². The Kier molecular flexibility index (Phi) is 4.31. The maximum absolute atomic E-state index is 11.9. The first-order chi connectivity index (χ1) is 9.60. The summed E-state index contributed by atoms with van der Waals surface area (Å²) in [4.78, 5) is 27.8. The third kappa shape index (κ3) is 3.32. The lowest BCUT2D eigenvalue weighted by Gasteiger charge is -2.15. The van der Waals surface area contributed by atoms with Crippen LogP contribution in [0.4, 0.5) is 17.3 Å². The number of hydrogen-bond acceptors (Lipinski definition) is 7. The highest BCUT2D eigenvalue weighted by Gasteiger charge is 2.18. The molecule has 0 atom stereocenters. The second kappa shape index (κ2) is 6.15. The molecule has 1 aromatic heterocycles. The first kappa shape index (κ1) is 14.0. The number of rotatable bonds is 5. The van der Waals surface area contributed by atoms with E-state index in [1.807, 2.05) is 0 Å². The van der Waals surface area contributed by atoms with Crippen molar-refractivity contribution in [2.45, 2.75) is 12.8 Å². The summed E-state index contributed by atoms with van der Waals surface area (Å²) in [7, 11) is 0. The fraction of sp³-hybridized carbons (Fsp3) is 0.455. The Bertz CT molecular complexity index is 515. The van der Waals surface area contributed by atoms with Gasteiger partial charge in [0.25, 0.3) is 5.69 Å². The molecule has 20 heavy (non-hydrogen) atoms. The lowest BCUT2D eigenvalue weighted by atomic mass is 10.3. The van der Waals surface area contributed by atoms with Crippen molar-refractivity contribution in [3.63, 3.8) is 0 Å². The van der Waals surface area contributed by atoms with Gasteiger partial charge in [0.2, 0.25) is 5.91 Å². The van der Waals surface area contributed by atoms with E-state index >= 15 is 0 Å². The van der Waals surface area contributed by atoms with E-state index in [0.29, 0.717) is 0 Å². The first-order valence-electron chi connectivity index (χ1n) is 6.25. The van der Waals surface area contributed by atoms with Gasteiger partial charge in [-0.25, -0.2) is 10.8 Å². The number of nitrogens with two attached hydrogens (primary N) is 1. The molecule has 0 saturated carbocycles. The number of hydrazine groups is 1. The standard InChI is InChI=1S/C11H16N6O3/c12-15-10-6-8(17(19)20)5-9(14-10)13-7-11(18)16-3-1-2-4-16/h5-6H,1-4,7,12H2,(H2,13,14,15). The molecule has 1 fully saturated rings. The molecule has 1 aliphatic heterocycles. The molecule has 0 spiro atoms. The van der Waals surface area contributed by atoms with Crippen LogP contribution in [0, 0.1) is 10.1 Å². The van der Waals surface area contributed by atoms with Gasteiger partial charge in [-0.05, 0) is 12.8 Å². The minimum atomic E-state index is -0.546. The van der Waals surface area contributed by atoms with Gasteiger partial charge in [-0.1, -0.05) is 0 Å². The normalized spacial score (nSPS) is 14.2. The van der Waals surface area contributed by atoms with E-state index in [-0.39, 0.29) is 29.8 Å². The zero-order chi connectivity index (χ0) is 14.5. The average Bonchev–Trinajstić information content (AvgIpc) is 2.98. The Hall–Kier alpha value is -2.42. The minimum absolute atomic E-state index is 0.0435. The summed E-state index contributed by atoms with van der Waals surface area (Å²) in [5.74, 6) is 5.56. The van der Waals surface area contributed by atoms with Gasteiger partial charge in [-0.3, -0.25) is 14.9 Å². The van der Waals surface area contributed by atoms with Crippen molar-refractivity contribution in [2.24, 2.45) is 5.84 Å². The van der Waals surface area contributed by atoms with E-state index in [0.717, 1.165) is 25.9 Å². The minimum Gasteiger partial charge on any atom is -0.361 e. The largest absolute Gasteiger partial charge is 0.361 e. The summed E-state index contributed by atoms with van der Waals surface area (Å²) in [6.45, 7) is 1.58. The molecule has 2 rings (SSSR count). The fourth-order valence-corrected chi connectivity index (χ4v) is 2.03. The number of nitrogens with zero attached hydrogens (tertiary/aromatic N) is 3. The summed E-state index contributed by atoms with van der Waals surface area (Å²) >= 11 is 0. The molecule has 1 aromatic rings. The van der Waals surface area contributed by atoms with E-state index in [1.54, 1.807) is 4.90 Å². The van der Waals surface area contributed by atoms with Crippen molar-refractivity contribution in [2.75, 3.05) is 30.4 Å². The Balaban J connectivity index is 2.02. The average molecular weight is 280 g/mol. The summed E-state index contributed by atoms with van der Waals surface area (Å²) < 4.78 is 0. The number of nitrogens with one attached hydrogen (secondary N) is 2. The molecular weight excluding hydrogens is 264 g/mol. The fourth-order valence-electron chi connectivity index (χ4n) is 2.03. The molecular formula is C11H16N6O3. The van der Waals surface area contributed by atoms with Gasteiger partial charge >= 0.3 is 0 Å². The van der Waals surface area contributed by atoms with Gasteiger partial charge in [0.05, 0.1) is 23.6 Å². The molecule has 2 heterocycles. The lowest BCUT2D eigenvalue weighted by Crippen LogP contribution is -2.33. The van der Waals surface area contributed by atoms with Gasteiger partial charge in [0.1, 0.15) is 11.6 Å². The monoisotopic (exact) mass is 280 g/mol. The summed E-state index contributed by atoms with van der Waals surface area (Å²) in [5.41, 5.74) is 2.11. The van der Waals surface area contributed by atoms with Crippen LogP contribution in [0.15, 0.2) is 12.1 Å². The van der Waals surface area contributed by atoms with Gasteiger partial charge in [0.15, 0.2) is 0 Å². The van der Waals surface area contributed by atoms with E-state index in [4.69, 9.17) is 5.84 Å². The highest BCUT2D eigenvalue weighted by Crippen LogP contribution is 2.20. The van der Waals surface area contributed by atoms with Crippen LogP contribution >= 0.6 is 0 Å². The molecule has 0 bridgehead atoms. The molecule has 0 aliphatic carbocycles. The predicted molar refractivity (Wildman–Crippen MR) is 73.0 cm³/mol. The highest BCUT2D eigenvalue weighted by atomic mass is 16.6. The molecule has 1 amide bonds. The number of amides is 1. The second-order valence-electron chi connectivity index (χ2n) is 4.44. The van der Waals surface area contributed by atoms with Gasteiger partial charge in [0, 0.05) is 13.1 Å². The van der Waals surface area contributed by atoms with Crippen LogP contribution < -0.4 is 16.6 Å². The van der Waals surface area contributed by atoms with E-state index < -0.39 is 4.92 Å². The molecule has 9 nitrogen and oxygen atoms in total. The Labute approximate surface area is 115 Å². The molecule has 1 saturated heterocycles. The third-order valence-electron chi connectivity index (χ3n) is 3.05. The second-order valence-corrected chi connectivity index (χ2v) is 4.44. The quantitative estimate of drug-likeness (QED) is 0.402. The number of carbonyl (C=O) groups excluding carboxylic acids is 1. The molecule has 9 heteroatoms. The van der Waals surface area contributed by atoms with Gasteiger partial charge in [-0.2, -0.15) is 0 Å². The van der Waals surface area contributed by atoms with Crippen LogP contribution in [0.2, 0.25) is 0 Å². The summed E-state index contributed by atoms with van der Waals surface area (Å²) in [5, 5.41) is 13.6. The smallest absolute Gasteiger partial charge is 0.276 e. The number of anilines is 2. The van der Waals surface area contributed by atoms with E-state index in [1.165, 1.54) is 12.1 Å². The van der Waals surface area contributed by atoms with Crippen LogP contribution in [0.3, 0.4) is 0 Å². The van der Waals surface area contributed by atoms with Crippen LogP contribution in [0.25, 0.3) is 0 Å². The third-order valence-corrected chi connectivity index (χ3v) is 3.05. The first-order valence-corrected chi connectivity index (χ1v) is 6.25. The Morgan fingerprint density at radius 1 is 1.40 bits per heavy atom. The maximum atomic E-state index is 11.9. The van der Waals surface area contributed by atoms with Crippen molar-refractivity contribution in [3.8, 4) is 0 Å². The van der Waals surface area contributed by atoms with Crippen LogP contribution in [0.5, 0.6) is 0 Å². The highest BCUT2D eigenvalue weighted by molar-refractivity contribution is 5.81. The molecule has 4 N–H and O–H groups in total. The van der Waals surface area contributed by atoms with Crippen molar-refractivity contribution < 1.29 is 9.72 Å². The van der Waals surface area contributed by atoms with Crippen molar-refractivity contribution in [3.05, 3.63) is 22.2 Å². The zero-order valence-electron chi connectivity index (χ0n) is 10.8. The molecule has 0 aromatic carbocycles. The molecule has 1 aliphatic rings. The number of carbonyl (C=O) groups is 1. The predicted octanol–water partition coefficient (Wildman–Crippen LogP) is 0.310. The maximum Gasteiger partial charge on any atom is 0.276 e. The van der Waals surface area contributed by atoms with Crippen LogP contribution in [-0.2, 0) is 4.79 Å². The topological polar surface area (TPSA) is 126 Å². The van der Waals surface area contributed by atoms with Gasteiger partial charge < -0.3 is 15.6 Å². The van der Waals surface area contributed by atoms with E-state index in [9.17, 15) is 14.9 Å². The summed E-state index contributed by atoms with van der Waals surface area (Å²) in [6.07, 6.45) is 2.03. The lowest BCUT2D eigenvalue weighted by molar-refractivity contribution is -0.384. The zero-order valence-corrected chi connectivity index (χ0v) is 10.8. The van der Waals surface area contributed by atoms with E-state index in [2.05, 4.69) is 15.7 Å². The number of nitro groups is 1. The molecule has 108 valence electrons. The van der Waals surface area contributed by atoms with Crippen molar-refractivity contribution in [1.82, 2.24) is 9.88 Å². The SMILES string of the molecule is NNc1cc([N+](=O)[O-])cc(NCC(=O)N2CCCC2)n1. The number of pyridine rings is 1. The van der Waals surface area contributed by atoms with Crippen molar-refractivity contribution in [1.29, 1.82) is 0 Å². The number of likely N-dealkylation sites (tertiary alicyclic amines) is 1. The number of hydrogen-bond donors (Lipinski definition) is 3. The van der Waals surface area contributed by atoms with Crippen molar-refractivity contribution >= 4 is 23.2 Å². The molecule has 0 unspecified atom stereocenters. The summed E-state index contributed by atoms with van der Waals surface area (Å²) in [6, 6.07) is 2.48. The number of nitrogen functional groups attached to an aromatic ring is 1. The Morgan fingerprint density at radius 2 is 2.05 bits per heavy atom. The van der Waals surface area contributed by atoms with Crippen LogP contribution in [0.1, 0.15) is 12.8 Å². The number of aromatic nitrogens is 1.